The number of hydrogen-bond acceptors (Lipinski definition) is 4. The second-order valence-corrected chi connectivity index (χ2v) is 7.01. The molecule has 0 radical (unpaired) electrons. The maximum atomic E-state index is 12.2. The van der Waals surface area contributed by atoms with E-state index >= 15 is 0 Å². The summed E-state index contributed by atoms with van der Waals surface area (Å²) in [5, 5.41) is 4.35. The van der Waals surface area contributed by atoms with Gasteiger partial charge in [0.15, 0.2) is 5.76 Å². The van der Waals surface area contributed by atoms with E-state index in [1.54, 1.807) is 29.7 Å². The molecule has 4 nitrogen and oxygen atoms in total. The number of carbonyl (C=O) groups is 1. The summed E-state index contributed by atoms with van der Waals surface area (Å²) < 4.78 is 5.19. The highest BCUT2D eigenvalue weighted by atomic mass is 32.1. The van der Waals surface area contributed by atoms with Gasteiger partial charge in [-0.25, -0.2) is 0 Å². The zero-order valence-corrected chi connectivity index (χ0v) is 12.6. The molecule has 2 aromatic rings. The van der Waals surface area contributed by atoms with Gasteiger partial charge < -0.3 is 9.32 Å². The third-order valence-electron chi connectivity index (χ3n) is 4.58. The minimum absolute atomic E-state index is 0.0295. The van der Waals surface area contributed by atoms with Crippen molar-refractivity contribution in [2.24, 2.45) is 5.41 Å². The first-order chi connectivity index (χ1) is 10.2. The third-order valence-corrected chi connectivity index (χ3v) is 5.31. The van der Waals surface area contributed by atoms with E-state index in [4.69, 9.17) is 4.42 Å². The molecule has 0 unspecified atom stereocenters. The SMILES string of the molecule is O=C(c1ccco1)N1CC2(CCN(Cc3ccsc3)C2)C1. The fourth-order valence-corrected chi connectivity index (χ4v) is 4.18. The lowest BCUT2D eigenvalue weighted by molar-refractivity contribution is 0.00801. The van der Waals surface area contributed by atoms with E-state index in [-0.39, 0.29) is 5.91 Å². The van der Waals surface area contributed by atoms with Crippen LogP contribution in [0, 0.1) is 5.41 Å². The van der Waals surface area contributed by atoms with Gasteiger partial charge in [-0.05, 0) is 47.5 Å². The zero-order chi connectivity index (χ0) is 14.3. The monoisotopic (exact) mass is 302 g/mol. The summed E-state index contributed by atoms with van der Waals surface area (Å²) in [7, 11) is 0. The molecule has 2 aliphatic heterocycles. The average molecular weight is 302 g/mol. The van der Waals surface area contributed by atoms with E-state index in [2.05, 4.69) is 21.7 Å². The molecule has 0 saturated carbocycles. The Morgan fingerprint density at radius 3 is 2.95 bits per heavy atom. The van der Waals surface area contributed by atoms with Crippen molar-refractivity contribution in [3.63, 3.8) is 0 Å². The standard InChI is InChI=1S/C16H18N2O2S/c19-15(14-2-1-6-20-14)18-11-16(12-18)4-5-17(10-16)8-13-3-7-21-9-13/h1-3,6-7,9H,4-5,8,10-12H2. The predicted octanol–water partition coefficient (Wildman–Crippen LogP) is 2.69. The molecule has 2 aliphatic rings. The Labute approximate surface area is 128 Å². The number of likely N-dealkylation sites (tertiary alicyclic amines) is 2. The van der Waals surface area contributed by atoms with Crippen LogP contribution in [0.4, 0.5) is 0 Å². The molecule has 21 heavy (non-hydrogen) atoms. The molecule has 2 aromatic heterocycles. The number of nitrogens with zero attached hydrogens (tertiary/aromatic N) is 2. The van der Waals surface area contributed by atoms with Gasteiger partial charge in [-0.2, -0.15) is 11.3 Å². The van der Waals surface area contributed by atoms with Gasteiger partial charge in [0.2, 0.25) is 0 Å². The van der Waals surface area contributed by atoms with Crippen LogP contribution in [0.25, 0.3) is 0 Å². The van der Waals surface area contributed by atoms with Crippen LogP contribution in [0.15, 0.2) is 39.6 Å². The molecule has 0 N–H and O–H groups in total. The lowest BCUT2D eigenvalue weighted by Gasteiger charge is -2.47. The summed E-state index contributed by atoms with van der Waals surface area (Å²) in [6.45, 7) is 5.01. The molecule has 2 saturated heterocycles. The van der Waals surface area contributed by atoms with E-state index in [1.165, 1.54) is 12.0 Å². The first kappa shape index (κ1) is 13.1. The van der Waals surface area contributed by atoms with E-state index in [0.29, 0.717) is 11.2 Å². The Morgan fingerprint density at radius 2 is 2.24 bits per heavy atom. The number of hydrogen-bond donors (Lipinski definition) is 0. The fraction of sp³-hybridized carbons (Fsp3) is 0.438. The second-order valence-electron chi connectivity index (χ2n) is 6.23. The Bertz CT molecular complexity index is 615. The van der Waals surface area contributed by atoms with Gasteiger partial charge in [-0.15, -0.1) is 0 Å². The van der Waals surface area contributed by atoms with Crippen LogP contribution < -0.4 is 0 Å². The highest BCUT2D eigenvalue weighted by Gasteiger charge is 2.49. The molecule has 4 heterocycles. The van der Waals surface area contributed by atoms with E-state index < -0.39 is 0 Å². The maximum absolute atomic E-state index is 12.2. The summed E-state index contributed by atoms with van der Waals surface area (Å²) in [5.41, 5.74) is 1.72. The Balaban J connectivity index is 1.34. The molecule has 1 spiro atoms. The fourth-order valence-electron chi connectivity index (χ4n) is 3.52. The van der Waals surface area contributed by atoms with Crippen LogP contribution in [-0.4, -0.2) is 41.9 Å². The number of carbonyl (C=O) groups excluding carboxylic acids is 1. The van der Waals surface area contributed by atoms with Crippen LogP contribution >= 0.6 is 11.3 Å². The lowest BCUT2D eigenvalue weighted by Crippen LogP contribution is -2.59. The molecule has 4 rings (SSSR count). The lowest BCUT2D eigenvalue weighted by atomic mass is 9.79. The van der Waals surface area contributed by atoms with Crippen LogP contribution in [-0.2, 0) is 6.54 Å². The van der Waals surface area contributed by atoms with Gasteiger partial charge >= 0.3 is 0 Å². The van der Waals surface area contributed by atoms with Crippen LogP contribution in [0.5, 0.6) is 0 Å². The van der Waals surface area contributed by atoms with Crippen LogP contribution in [0.1, 0.15) is 22.5 Å². The van der Waals surface area contributed by atoms with Crippen LogP contribution in [0.2, 0.25) is 0 Å². The molecule has 0 atom stereocenters. The molecule has 5 heteroatoms. The summed E-state index contributed by atoms with van der Waals surface area (Å²) in [6.07, 6.45) is 2.75. The van der Waals surface area contributed by atoms with Crippen molar-refractivity contribution >= 4 is 17.2 Å². The number of amides is 1. The van der Waals surface area contributed by atoms with Crippen molar-refractivity contribution in [1.82, 2.24) is 9.80 Å². The highest BCUT2D eigenvalue weighted by Crippen LogP contribution is 2.40. The minimum Gasteiger partial charge on any atom is -0.459 e. The van der Waals surface area contributed by atoms with E-state index in [9.17, 15) is 4.79 Å². The number of furan rings is 1. The zero-order valence-electron chi connectivity index (χ0n) is 11.8. The third kappa shape index (κ3) is 2.40. The quantitative estimate of drug-likeness (QED) is 0.874. The predicted molar refractivity (Wildman–Crippen MR) is 81.3 cm³/mol. The van der Waals surface area contributed by atoms with Gasteiger partial charge in [0, 0.05) is 31.6 Å². The molecule has 110 valence electrons. The topological polar surface area (TPSA) is 36.7 Å². The van der Waals surface area contributed by atoms with Crippen molar-refractivity contribution in [1.29, 1.82) is 0 Å². The average Bonchev–Trinajstić information content (AvgIpc) is 3.18. The first-order valence-corrected chi connectivity index (χ1v) is 8.25. The maximum Gasteiger partial charge on any atom is 0.289 e. The molecule has 0 aromatic carbocycles. The van der Waals surface area contributed by atoms with E-state index in [0.717, 1.165) is 32.7 Å². The molecule has 1 amide bonds. The summed E-state index contributed by atoms with van der Waals surface area (Å²) in [6, 6.07) is 5.70. The number of rotatable bonds is 3. The van der Waals surface area contributed by atoms with Crippen molar-refractivity contribution in [3.05, 3.63) is 46.5 Å². The normalized spacial score (nSPS) is 20.9. The molecular weight excluding hydrogens is 284 g/mol. The van der Waals surface area contributed by atoms with E-state index in [1.807, 2.05) is 4.90 Å². The largest absolute Gasteiger partial charge is 0.459 e. The van der Waals surface area contributed by atoms with Crippen molar-refractivity contribution in [2.75, 3.05) is 26.2 Å². The second kappa shape index (κ2) is 5.00. The van der Waals surface area contributed by atoms with Gasteiger partial charge in [-0.1, -0.05) is 0 Å². The van der Waals surface area contributed by atoms with Crippen molar-refractivity contribution in [3.8, 4) is 0 Å². The molecule has 2 fully saturated rings. The van der Waals surface area contributed by atoms with Gasteiger partial charge in [0.05, 0.1) is 6.26 Å². The first-order valence-electron chi connectivity index (χ1n) is 7.30. The van der Waals surface area contributed by atoms with Crippen LogP contribution in [0.3, 0.4) is 0 Å². The molecule has 0 aliphatic carbocycles. The Morgan fingerprint density at radius 1 is 1.33 bits per heavy atom. The molecular formula is C16H18N2O2S. The Hall–Kier alpha value is -1.59. The van der Waals surface area contributed by atoms with Crippen molar-refractivity contribution in [2.45, 2.75) is 13.0 Å². The van der Waals surface area contributed by atoms with Crippen molar-refractivity contribution < 1.29 is 9.21 Å². The Kier molecular flexibility index (Phi) is 3.12. The summed E-state index contributed by atoms with van der Waals surface area (Å²) >= 11 is 1.76. The van der Waals surface area contributed by atoms with Gasteiger partial charge in [0.25, 0.3) is 5.91 Å². The van der Waals surface area contributed by atoms with Gasteiger partial charge in [-0.3, -0.25) is 9.69 Å². The summed E-state index contributed by atoms with van der Waals surface area (Å²) in [5.74, 6) is 0.486. The number of thiophene rings is 1. The van der Waals surface area contributed by atoms with Gasteiger partial charge in [0.1, 0.15) is 0 Å². The minimum atomic E-state index is 0.0295. The smallest absolute Gasteiger partial charge is 0.289 e. The highest BCUT2D eigenvalue weighted by molar-refractivity contribution is 7.07. The molecule has 0 bridgehead atoms. The summed E-state index contributed by atoms with van der Waals surface area (Å²) in [4.78, 5) is 16.6.